The molecule has 0 N–H and O–H groups in total. The lowest BCUT2D eigenvalue weighted by Gasteiger charge is -2.19. The molecule has 0 fully saturated rings. The first-order valence-electron chi connectivity index (χ1n) is 8.99. The summed E-state index contributed by atoms with van der Waals surface area (Å²) in [6, 6.07) is 7.43. The van der Waals surface area contributed by atoms with Crippen molar-refractivity contribution in [2.75, 3.05) is 0 Å². The van der Waals surface area contributed by atoms with E-state index < -0.39 is 16.1 Å². The molecule has 0 saturated carbocycles. The van der Waals surface area contributed by atoms with E-state index in [-0.39, 0.29) is 5.56 Å². The van der Waals surface area contributed by atoms with E-state index in [1.54, 1.807) is 32.4 Å². The second kappa shape index (κ2) is 7.48. The number of benzene rings is 1. The molecule has 0 bridgehead atoms. The number of rotatable bonds is 3. The summed E-state index contributed by atoms with van der Waals surface area (Å²) < 4.78 is 18.0. The Bertz CT molecular complexity index is 1120. The van der Waals surface area contributed by atoms with Crippen molar-refractivity contribution in [3.8, 4) is 11.4 Å². The quantitative estimate of drug-likeness (QED) is 0.500. The van der Waals surface area contributed by atoms with E-state index in [9.17, 15) is 9.35 Å². The van der Waals surface area contributed by atoms with Crippen LogP contribution < -0.4 is 5.56 Å². The van der Waals surface area contributed by atoms with Crippen LogP contribution >= 0.6 is 0 Å². The van der Waals surface area contributed by atoms with Gasteiger partial charge in [-0.3, -0.25) is 14.3 Å². The minimum Gasteiger partial charge on any atom is -0.591 e. The lowest BCUT2D eigenvalue weighted by Crippen LogP contribution is -2.27. The van der Waals surface area contributed by atoms with Gasteiger partial charge in [-0.1, -0.05) is 4.40 Å². The maximum Gasteiger partial charge on any atom is 0.261 e. The Kier molecular flexibility index (Phi) is 5.41. The zero-order valence-corrected chi connectivity index (χ0v) is 17.8. The number of nitrogens with zero attached hydrogens (tertiary/aromatic N) is 4. The zero-order chi connectivity index (χ0) is 20.6. The van der Waals surface area contributed by atoms with Crippen molar-refractivity contribution in [2.45, 2.75) is 39.4 Å². The highest BCUT2D eigenvalue weighted by Gasteiger charge is 2.27. The van der Waals surface area contributed by atoms with E-state index in [1.807, 2.05) is 45.9 Å². The standard InChI is InChI=1S/C21H24N4O2S/c1-13-10-16(14(2)24-28(27)21(3,4)5)18-17(11-13)20(26)25(6)19(23-18)15-8-7-9-22-12-15/h7-12H,1-6H3. The SMILES string of the molecule is CC(=N[S+]([O-])C(C)(C)C)c1cc(C)cc2c(=O)n(C)c(-c3cccnc3)nc12. The van der Waals surface area contributed by atoms with Crippen LogP contribution in [0.2, 0.25) is 0 Å². The Morgan fingerprint density at radius 2 is 2.00 bits per heavy atom. The molecule has 146 valence electrons. The fourth-order valence-corrected chi connectivity index (χ4v) is 3.48. The van der Waals surface area contributed by atoms with Gasteiger partial charge in [0.25, 0.3) is 5.56 Å². The van der Waals surface area contributed by atoms with Crippen molar-refractivity contribution in [3.63, 3.8) is 0 Å². The second-order valence-electron chi connectivity index (χ2n) is 7.79. The summed E-state index contributed by atoms with van der Waals surface area (Å²) >= 11 is -1.40. The third-order valence-corrected chi connectivity index (χ3v) is 5.87. The smallest absolute Gasteiger partial charge is 0.261 e. The molecule has 7 heteroatoms. The zero-order valence-electron chi connectivity index (χ0n) is 17.0. The predicted molar refractivity (Wildman–Crippen MR) is 115 cm³/mol. The van der Waals surface area contributed by atoms with Crippen molar-refractivity contribution in [1.29, 1.82) is 0 Å². The van der Waals surface area contributed by atoms with Gasteiger partial charge in [0, 0.05) is 30.6 Å². The van der Waals surface area contributed by atoms with Crippen LogP contribution in [0.25, 0.3) is 22.3 Å². The lowest BCUT2D eigenvalue weighted by molar-refractivity contribution is 0.561. The van der Waals surface area contributed by atoms with E-state index >= 15 is 0 Å². The summed E-state index contributed by atoms with van der Waals surface area (Å²) in [7, 11) is 1.70. The molecule has 28 heavy (non-hydrogen) atoms. The van der Waals surface area contributed by atoms with Gasteiger partial charge >= 0.3 is 0 Å². The number of hydrogen-bond donors (Lipinski definition) is 0. The van der Waals surface area contributed by atoms with Crippen LogP contribution in [0.5, 0.6) is 0 Å². The lowest BCUT2D eigenvalue weighted by atomic mass is 10.0. The summed E-state index contributed by atoms with van der Waals surface area (Å²) in [5, 5.41) is 0.515. The first-order valence-corrected chi connectivity index (χ1v) is 10.1. The molecule has 1 unspecified atom stereocenters. The molecule has 3 aromatic rings. The van der Waals surface area contributed by atoms with Crippen LogP contribution in [0.4, 0.5) is 0 Å². The Morgan fingerprint density at radius 3 is 2.61 bits per heavy atom. The van der Waals surface area contributed by atoms with E-state index in [4.69, 9.17) is 4.98 Å². The van der Waals surface area contributed by atoms with Crippen molar-refractivity contribution < 1.29 is 4.55 Å². The number of aromatic nitrogens is 3. The van der Waals surface area contributed by atoms with Gasteiger partial charge in [-0.05, 0) is 64.4 Å². The van der Waals surface area contributed by atoms with E-state index in [1.165, 1.54) is 4.57 Å². The first-order chi connectivity index (χ1) is 13.1. The minimum absolute atomic E-state index is 0.140. The van der Waals surface area contributed by atoms with Gasteiger partial charge in [0.15, 0.2) is 0 Å². The molecule has 0 saturated heterocycles. The molecule has 0 aliphatic heterocycles. The minimum atomic E-state index is -1.40. The molecule has 0 aliphatic carbocycles. The average molecular weight is 397 g/mol. The van der Waals surface area contributed by atoms with Crippen LogP contribution in [0.15, 0.2) is 45.9 Å². The first kappa shape index (κ1) is 20.2. The van der Waals surface area contributed by atoms with Gasteiger partial charge in [-0.15, -0.1) is 0 Å². The monoisotopic (exact) mass is 396 g/mol. The molecule has 0 spiro atoms. The normalized spacial score (nSPS) is 13.8. The Morgan fingerprint density at radius 1 is 1.29 bits per heavy atom. The molecular formula is C21H24N4O2S. The van der Waals surface area contributed by atoms with Gasteiger partial charge in [-0.25, -0.2) is 4.98 Å². The van der Waals surface area contributed by atoms with Crippen LogP contribution in [0.3, 0.4) is 0 Å². The van der Waals surface area contributed by atoms with Crippen LogP contribution in [0, 0.1) is 6.92 Å². The highest BCUT2D eigenvalue weighted by atomic mass is 32.2. The van der Waals surface area contributed by atoms with Gasteiger partial charge in [0.05, 0.1) is 16.6 Å². The van der Waals surface area contributed by atoms with Crippen LogP contribution in [-0.2, 0) is 18.4 Å². The Hall–Kier alpha value is -2.51. The molecule has 1 atom stereocenters. The van der Waals surface area contributed by atoms with E-state index in [0.717, 1.165) is 16.7 Å². The van der Waals surface area contributed by atoms with Gasteiger partial charge in [-0.2, -0.15) is 0 Å². The largest absolute Gasteiger partial charge is 0.591 e. The number of hydrogen-bond acceptors (Lipinski definition) is 5. The topological polar surface area (TPSA) is 83.2 Å². The molecule has 2 heterocycles. The summed E-state index contributed by atoms with van der Waals surface area (Å²) in [5.41, 5.74) is 3.41. The Labute approximate surface area is 167 Å². The molecular weight excluding hydrogens is 372 g/mol. The molecule has 0 aliphatic rings. The molecule has 1 aromatic carbocycles. The molecule has 3 rings (SSSR count). The molecule has 6 nitrogen and oxygen atoms in total. The van der Waals surface area contributed by atoms with Crippen molar-refractivity contribution >= 4 is 28.0 Å². The van der Waals surface area contributed by atoms with Crippen LogP contribution in [-0.4, -0.2) is 29.5 Å². The maximum absolute atomic E-state index is 13.0. The predicted octanol–water partition coefficient (Wildman–Crippen LogP) is 3.58. The maximum atomic E-state index is 13.0. The molecule has 0 amide bonds. The highest BCUT2D eigenvalue weighted by molar-refractivity contribution is 7.91. The average Bonchev–Trinajstić information content (AvgIpc) is 2.64. The summed E-state index contributed by atoms with van der Waals surface area (Å²) in [5.74, 6) is 0.528. The van der Waals surface area contributed by atoms with Gasteiger partial charge in [0.1, 0.15) is 21.9 Å². The fraction of sp³-hybridized carbons (Fsp3) is 0.333. The summed E-state index contributed by atoms with van der Waals surface area (Å²) in [4.78, 5) is 21.9. The number of fused-ring (bicyclic) bond motifs is 1. The van der Waals surface area contributed by atoms with Gasteiger partial charge < -0.3 is 4.55 Å². The third-order valence-electron chi connectivity index (χ3n) is 4.38. The fourth-order valence-electron chi connectivity index (χ4n) is 2.86. The van der Waals surface area contributed by atoms with Crippen LogP contribution in [0.1, 0.15) is 38.8 Å². The van der Waals surface area contributed by atoms with Gasteiger partial charge in [0.2, 0.25) is 0 Å². The van der Waals surface area contributed by atoms with E-state index in [0.29, 0.717) is 22.4 Å². The molecule has 2 aromatic heterocycles. The molecule has 0 radical (unpaired) electrons. The summed E-state index contributed by atoms with van der Waals surface area (Å²) in [6.07, 6.45) is 3.35. The van der Waals surface area contributed by atoms with Crippen molar-refractivity contribution in [2.24, 2.45) is 11.4 Å². The van der Waals surface area contributed by atoms with Crippen molar-refractivity contribution in [1.82, 2.24) is 14.5 Å². The summed E-state index contributed by atoms with van der Waals surface area (Å²) in [6.45, 7) is 9.36. The highest BCUT2D eigenvalue weighted by Crippen LogP contribution is 2.24. The van der Waals surface area contributed by atoms with E-state index in [2.05, 4.69) is 9.38 Å². The number of pyridine rings is 1. The second-order valence-corrected chi connectivity index (χ2v) is 9.69. The Balaban J connectivity index is 2.31. The number of aryl methyl sites for hydroxylation is 1. The van der Waals surface area contributed by atoms with Crippen molar-refractivity contribution in [3.05, 3.63) is 58.1 Å². The third kappa shape index (κ3) is 3.86.